The molecular weight excluding hydrogens is 457 g/mol. The maximum absolute atomic E-state index is 6.14. The van der Waals surface area contributed by atoms with Crippen molar-refractivity contribution in [2.75, 3.05) is 0 Å². The molecule has 0 atom stereocenters. The minimum Gasteiger partial charge on any atom is -0.484 e. The minimum atomic E-state index is 0.278. The third-order valence-electron chi connectivity index (χ3n) is 3.64. The highest BCUT2D eigenvalue weighted by Crippen LogP contribution is 2.29. The van der Waals surface area contributed by atoms with Gasteiger partial charge in [-0.15, -0.1) is 10.2 Å². The first-order chi connectivity index (χ1) is 12.6. The Morgan fingerprint density at radius 2 is 1.88 bits per heavy atom. The van der Waals surface area contributed by atoms with E-state index in [-0.39, 0.29) is 6.61 Å². The SMILES string of the molecule is CCn1c(COc2cc(Cl)ccc2Cl)nnc1SCc1ccc(Br)cc1. The molecule has 4 nitrogen and oxygen atoms in total. The Kier molecular flexibility index (Phi) is 6.86. The monoisotopic (exact) mass is 471 g/mol. The van der Waals surface area contributed by atoms with E-state index in [1.54, 1.807) is 30.0 Å². The molecule has 0 saturated carbocycles. The number of hydrogen-bond donors (Lipinski definition) is 0. The summed E-state index contributed by atoms with van der Waals surface area (Å²) in [4.78, 5) is 0. The third kappa shape index (κ3) is 4.94. The van der Waals surface area contributed by atoms with Gasteiger partial charge in [-0.05, 0) is 36.8 Å². The van der Waals surface area contributed by atoms with E-state index < -0.39 is 0 Å². The Morgan fingerprint density at radius 3 is 2.62 bits per heavy atom. The zero-order valence-electron chi connectivity index (χ0n) is 14.0. The van der Waals surface area contributed by atoms with Crippen molar-refractivity contribution in [2.45, 2.75) is 31.0 Å². The Bertz CT molecular complexity index is 887. The number of thioether (sulfide) groups is 1. The summed E-state index contributed by atoms with van der Waals surface area (Å²) in [5.41, 5.74) is 1.23. The lowest BCUT2D eigenvalue weighted by atomic mass is 10.2. The highest BCUT2D eigenvalue weighted by atomic mass is 79.9. The van der Waals surface area contributed by atoms with Crippen molar-refractivity contribution < 1.29 is 4.74 Å². The molecule has 0 unspecified atom stereocenters. The van der Waals surface area contributed by atoms with Crippen molar-refractivity contribution in [2.24, 2.45) is 0 Å². The van der Waals surface area contributed by atoms with Gasteiger partial charge in [-0.1, -0.05) is 63.0 Å². The summed E-state index contributed by atoms with van der Waals surface area (Å²) < 4.78 is 8.90. The number of halogens is 3. The fourth-order valence-corrected chi connectivity index (χ4v) is 3.88. The van der Waals surface area contributed by atoms with Crippen molar-refractivity contribution in [3.05, 3.63) is 68.4 Å². The number of benzene rings is 2. The lowest BCUT2D eigenvalue weighted by Gasteiger charge is -2.10. The van der Waals surface area contributed by atoms with E-state index in [4.69, 9.17) is 27.9 Å². The number of nitrogens with zero attached hydrogens (tertiary/aromatic N) is 3. The van der Waals surface area contributed by atoms with E-state index in [0.717, 1.165) is 27.8 Å². The minimum absolute atomic E-state index is 0.278. The van der Waals surface area contributed by atoms with Gasteiger partial charge in [0.2, 0.25) is 0 Å². The largest absolute Gasteiger partial charge is 0.484 e. The molecule has 0 aliphatic carbocycles. The Labute approximate surface area is 175 Å². The first kappa shape index (κ1) is 19.5. The molecule has 1 aromatic heterocycles. The van der Waals surface area contributed by atoms with Gasteiger partial charge in [-0.25, -0.2) is 0 Å². The average molecular weight is 473 g/mol. The standard InChI is InChI=1S/C18H16BrCl2N3OS/c1-2-24-17(10-25-16-9-14(20)7-8-15(16)21)22-23-18(24)26-11-12-3-5-13(19)6-4-12/h3-9H,2,10-11H2,1H3. The number of rotatable bonds is 7. The molecule has 0 fully saturated rings. The molecule has 0 bridgehead atoms. The van der Waals surface area contributed by atoms with E-state index in [1.165, 1.54) is 5.56 Å². The molecular formula is C18H16BrCl2N3OS. The second-order valence-corrected chi connectivity index (χ2v) is 8.12. The number of aromatic nitrogens is 3. The van der Waals surface area contributed by atoms with Crippen LogP contribution in [0, 0.1) is 0 Å². The summed E-state index contributed by atoms with van der Waals surface area (Å²) in [5, 5.41) is 10.5. The maximum Gasteiger partial charge on any atom is 0.191 e. The maximum atomic E-state index is 6.14. The van der Waals surface area contributed by atoms with Crippen LogP contribution in [-0.4, -0.2) is 14.8 Å². The molecule has 0 aliphatic heterocycles. The fourth-order valence-electron chi connectivity index (χ4n) is 2.31. The third-order valence-corrected chi connectivity index (χ3v) is 5.75. The van der Waals surface area contributed by atoms with Crippen molar-refractivity contribution in [1.82, 2.24) is 14.8 Å². The van der Waals surface area contributed by atoms with Gasteiger partial charge in [0.15, 0.2) is 11.0 Å². The Balaban J connectivity index is 1.67. The zero-order chi connectivity index (χ0) is 18.5. The van der Waals surface area contributed by atoms with Crippen LogP contribution in [0.25, 0.3) is 0 Å². The molecule has 136 valence electrons. The smallest absolute Gasteiger partial charge is 0.191 e. The molecule has 0 saturated heterocycles. The number of hydrogen-bond acceptors (Lipinski definition) is 4. The molecule has 0 amide bonds. The van der Waals surface area contributed by atoms with E-state index in [9.17, 15) is 0 Å². The molecule has 3 aromatic rings. The van der Waals surface area contributed by atoms with Gasteiger partial charge in [0.1, 0.15) is 12.4 Å². The highest BCUT2D eigenvalue weighted by molar-refractivity contribution is 9.10. The molecule has 26 heavy (non-hydrogen) atoms. The van der Waals surface area contributed by atoms with Crippen LogP contribution in [0.1, 0.15) is 18.3 Å². The lowest BCUT2D eigenvalue weighted by Crippen LogP contribution is -2.07. The van der Waals surface area contributed by atoms with Gasteiger partial charge < -0.3 is 9.30 Å². The van der Waals surface area contributed by atoms with Crippen LogP contribution in [0.2, 0.25) is 10.0 Å². The summed E-state index contributed by atoms with van der Waals surface area (Å²) in [6, 6.07) is 13.4. The number of ether oxygens (including phenoxy) is 1. The van der Waals surface area contributed by atoms with Gasteiger partial charge in [0.25, 0.3) is 0 Å². The van der Waals surface area contributed by atoms with Crippen molar-refractivity contribution in [3.8, 4) is 5.75 Å². The van der Waals surface area contributed by atoms with Crippen LogP contribution >= 0.6 is 50.9 Å². The van der Waals surface area contributed by atoms with Crippen LogP contribution in [0.4, 0.5) is 0 Å². The molecule has 1 heterocycles. The summed E-state index contributed by atoms with van der Waals surface area (Å²) in [7, 11) is 0. The zero-order valence-corrected chi connectivity index (χ0v) is 17.9. The molecule has 0 aliphatic rings. The second-order valence-electron chi connectivity index (χ2n) is 5.42. The van der Waals surface area contributed by atoms with Gasteiger partial charge in [-0.3, -0.25) is 0 Å². The predicted octanol–water partition coefficient (Wildman–Crippen LogP) is 6.24. The molecule has 0 radical (unpaired) electrons. The van der Waals surface area contributed by atoms with Crippen LogP contribution < -0.4 is 4.74 Å². The quantitative estimate of drug-likeness (QED) is 0.381. The van der Waals surface area contributed by atoms with Crippen LogP contribution in [0.5, 0.6) is 5.75 Å². The fraction of sp³-hybridized carbons (Fsp3) is 0.222. The van der Waals surface area contributed by atoms with Crippen molar-refractivity contribution in [1.29, 1.82) is 0 Å². The Hall–Kier alpha value is -1.21. The predicted molar refractivity (Wildman–Crippen MR) is 110 cm³/mol. The molecule has 8 heteroatoms. The van der Waals surface area contributed by atoms with Gasteiger partial charge >= 0.3 is 0 Å². The highest BCUT2D eigenvalue weighted by Gasteiger charge is 2.13. The first-order valence-corrected chi connectivity index (χ1v) is 10.5. The summed E-state index contributed by atoms with van der Waals surface area (Å²) in [6.07, 6.45) is 0. The van der Waals surface area contributed by atoms with Gasteiger partial charge in [0, 0.05) is 27.9 Å². The van der Waals surface area contributed by atoms with Crippen LogP contribution in [0.15, 0.2) is 52.1 Å². The van der Waals surface area contributed by atoms with Gasteiger partial charge in [-0.2, -0.15) is 0 Å². The van der Waals surface area contributed by atoms with E-state index in [2.05, 4.69) is 45.2 Å². The summed E-state index contributed by atoms with van der Waals surface area (Å²) in [5.74, 6) is 2.11. The van der Waals surface area contributed by atoms with E-state index in [0.29, 0.717) is 15.8 Å². The topological polar surface area (TPSA) is 39.9 Å². The van der Waals surface area contributed by atoms with E-state index >= 15 is 0 Å². The summed E-state index contributed by atoms with van der Waals surface area (Å²) >= 11 is 17.2. The van der Waals surface area contributed by atoms with Crippen molar-refractivity contribution >= 4 is 50.9 Å². The first-order valence-electron chi connectivity index (χ1n) is 7.94. The molecule has 0 spiro atoms. The molecule has 2 aromatic carbocycles. The lowest BCUT2D eigenvalue weighted by molar-refractivity contribution is 0.288. The van der Waals surface area contributed by atoms with Gasteiger partial charge in [0.05, 0.1) is 5.02 Å². The average Bonchev–Trinajstić information content (AvgIpc) is 3.04. The van der Waals surface area contributed by atoms with E-state index in [1.807, 2.05) is 16.7 Å². The molecule has 3 rings (SSSR count). The van der Waals surface area contributed by atoms with Crippen LogP contribution in [-0.2, 0) is 18.9 Å². The molecule has 0 N–H and O–H groups in total. The van der Waals surface area contributed by atoms with Crippen LogP contribution in [0.3, 0.4) is 0 Å². The Morgan fingerprint density at radius 1 is 1.12 bits per heavy atom. The normalized spacial score (nSPS) is 10.9. The van der Waals surface area contributed by atoms with Crippen molar-refractivity contribution in [3.63, 3.8) is 0 Å². The second kappa shape index (κ2) is 9.13. The summed E-state index contributed by atoms with van der Waals surface area (Å²) in [6.45, 7) is 3.10.